The third-order valence-electron chi connectivity index (χ3n) is 3.23. The highest BCUT2D eigenvalue weighted by molar-refractivity contribution is 5.93. The number of benzene rings is 1. The first-order valence-corrected chi connectivity index (χ1v) is 5.90. The molecule has 1 aromatic carbocycles. The Labute approximate surface area is 106 Å². The molecule has 1 amide bonds. The van der Waals surface area contributed by atoms with Crippen molar-refractivity contribution in [3.63, 3.8) is 0 Å². The van der Waals surface area contributed by atoms with E-state index in [4.69, 9.17) is 4.74 Å². The second-order valence-corrected chi connectivity index (χ2v) is 4.80. The number of carbonyl (C=O) groups excluding carboxylic acids is 1. The van der Waals surface area contributed by atoms with Crippen LogP contribution in [0.3, 0.4) is 0 Å². The van der Waals surface area contributed by atoms with Crippen molar-refractivity contribution >= 4 is 18.0 Å². The molecule has 2 atom stereocenters. The van der Waals surface area contributed by atoms with Gasteiger partial charge in [0.15, 0.2) is 11.8 Å². The number of amides is 1. The molecule has 92 valence electrons. The SMILES string of the molecule is CC1=C[C@]2(C)OC(=O)N(c3ccccc3)[C@@H]2N=C1. The van der Waals surface area contributed by atoms with E-state index in [2.05, 4.69) is 4.99 Å². The van der Waals surface area contributed by atoms with Gasteiger partial charge >= 0.3 is 6.09 Å². The van der Waals surface area contributed by atoms with Gasteiger partial charge in [0.1, 0.15) is 0 Å². The molecule has 4 nitrogen and oxygen atoms in total. The van der Waals surface area contributed by atoms with Gasteiger partial charge in [-0.05, 0) is 37.6 Å². The fraction of sp³-hybridized carbons (Fsp3) is 0.286. The van der Waals surface area contributed by atoms with E-state index < -0.39 is 5.60 Å². The molecule has 3 rings (SSSR count). The van der Waals surface area contributed by atoms with E-state index >= 15 is 0 Å². The molecule has 1 fully saturated rings. The van der Waals surface area contributed by atoms with Gasteiger partial charge < -0.3 is 4.74 Å². The summed E-state index contributed by atoms with van der Waals surface area (Å²) in [6.45, 7) is 3.84. The number of dihydropyridines is 1. The lowest BCUT2D eigenvalue weighted by molar-refractivity contribution is 0.0917. The molecule has 2 aliphatic heterocycles. The first-order chi connectivity index (χ1) is 8.60. The van der Waals surface area contributed by atoms with E-state index in [1.807, 2.05) is 50.3 Å². The molecule has 0 N–H and O–H groups in total. The summed E-state index contributed by atoms with van der Waals surface area (Å²) in [5.74, 6) is 0. The van der Waals surface area contributed by atoms with Crippen LogP contribution in [-0.4, -0.2) is 24.1 Å². The van der Waals surface area contributed by atoms with Crippen LogP contribution in [0.1, 0.15) is 13.8 Å². The molecule has 0 spiro atoms. The standard InChI is InChI=1S/C14H14N2O2/c1-10-8-14(2)12(15-9-10)16(13(17)18-14)11-6-4-3-5-7-11/h3-9,12H,1-2H3/t12-,14-/m0/s1. The Morgan fingerprint density at radius 3 is 2.78 bits per heavy atom. The van der Waals surface area contributed by atoms with Crippen molar-refractivity contribution in [1.29, 1.82) is 0 Å². The maximum atomic E-state index is 12.1. The minimum absolute atomic E-state index is 0.323. The maximum Gasteiger partial charge on any atom is 0.417 e. The third kappa shape index (κ3) is 1.53. The van der Waals surface area contributed by atoms with Crippen LogP contribution >= 0.6 is 0 Å². The number of ether oxygens (including phenoxy) is 1. The number of nitrogens with zero attached hydrogens (tertiary/aromatic N) is 2. The molecule has 0 radical (unpaired) electrons. The zero-order valence-electron chi connectivity index (χ0n) is 10.3. The van der Waals surface area contributed by atoms with E-state index in [1.54, 1.807) is 11.1 Å². The van der Waals surface area contributed by atoms with Crippen molar-refractivity contribution in [3.05, 3.63) is 42.0 Å². The van der Waals surface area contributed by atoms with Crippen LogP contribution in [0.2, 0.25) is 0 Å². The lowest BCUT2D eigenvalue weighted by Gasteiger charge is -2.29. The zero-order valence-corrected chi connectivity index (χ0v) is 10.3. The monoisotopic (exact) mass is 242 g/mol. The molecular weight excluding hydrogens is 228 g/mol. The van der Waals surface area contributed by atoms with Crippen LogP contribution in [0.5, 0.6) is 0 Å². The van der Waals surface area contributed by atoms with E-state index in [0.29, 0.717) is 0 Å². The van der Waals surface area contributed by atoms with Crippen LogP contribution in [0.4, 0.5) is 10.5 Å². The molecule has 0 aliphatic carbocycles. The largest absolute Gasteiger partial charge is 0.434 e. The van der Waals surface area contributed by atoms with Gasteiger partial charge in [-0.3, -0.25) is 9.89 Å². The highest BCUT2D eigenvalue weighted by Crippen LogP contribution is 2.37. The Bertz CT molecular complexity index is 550. The highest BCUT2D eigenvalue weighted by Gasteiger charge is 2.51. The van der Waals surface area contributed by atoms with E-state index in [-0.39, 0.29) is 12.3 Å². The predicted octanol–water partition coefficient (Wildman–Crippen LogP) is 2.76. The summed E-state index contributed by atoms with van der Waals surface area (Å²) >= 11 is 0. The Balaban J connectivity index is 2.04. The highest BCUT2D eigenvalue weighted by atomic mass is 16.6. The van der Waals surface area contributed by atoms with Crippen molar-refractivity contribution < 1.29 is 9.53 Å². The van der Waals surface area contributed by atoms with Crippen LogP contribution in [0, 0.1) is 0 Å². The predicted molar refractivity (Wildman–Crippen MR) is 69.8 cm³/mol. The van der Waals surface area contributed by atoms with Crippen LogP contribution in [0.15, 0.2) is 47.0 Å². The number of rotatable bonds is 1. The van der Waals surface area contributed by atoms with Gasteiger partial charge in [-0.2, -0.15) is 0 Å². The normalized spacial score (nSPS) is 29.9. The second-order valence-electron chi connectivity index (χ2n) is 4.80. The van der Waals surface area contributed by atoms with Crippen LogP contribution in [-0.2, 0) is 4.74 Å². The number of allylic oxidation sites excluding steroid dienone is 1. The minimum atomic E-state index is -0.675. The summed E-state index contributed by atoms with van der Waals surface area (Å²) in [4.78, 5) is 18.1. The number of fused-ring (bicyclic) bond motifs is 1. The molecule has 1 saturated heterocycles. The average molecular weight is 242 g/mol. The first-order valence-electron chi connectivity index (χ1n) is 5.90. The molecule has 1 aromatic rings. The molecule has 0 saturated carbocycles. The summed E-state index contributed by atoms with van der Waals surface area (Å²) in [7, 11) is 0. The first kappa shape index (κ1) is 11.0. The average Bonchev–Trinajstić information content (AvgIpc) is 2.59. The summed E-state index contributed by atoms with van der Waals surface area (Å²) in [6.07, 6.45) is 3.06. The molecular formula is C14H14N2O2. The van der Waals surface area contributed by atoms with Crippen LogP contribution < -0.4 is 4.90 Å². The lowest BCUT2D eigenvalue weighted by atomic mass is 9.97. The summed E-state index contributed by atoms with van der Waals surface area (Å²) in [6, 6.07) is 9.47. The Morgan fingerprint density at radius 2 is 2.06 bits per heavy atom. The molecule has 0 unspecified atom stereocenters. The topological polar surface area (TPSA) is 41.9 Å². The Kier molecular flexibility index (Phi) is 2.26. The molecule has 0 aromatic heterocycles. The van der Waals surface area contributed by atoms with E-state index in [0.717, 1.165) is 11.3 Å². The van der Waals surface area contributed by atoms with Gasteiger partial charge in [-0.15, -0.1) is 0 Å². The van der Waals surface area contributed by atoms with Gasteiger partial charge in [0.25, 0.3) is 0 Å². The molecule has 4 heteroatoms. The van der Waals surface area contributed by atoms with Gasteiger partial charge in [-0.1, -0.05) is 18.2 Å². The Morgan fingerprint density at radius 1 is 1.33 bits per heavy atom. The quantitative estimate of drug-likeness (QED) is 0.759. The maximum absolute atomic E-state index is 12.1. The smallest absolute Gasteiger partial charge is 0.417 e. The molecule has 18 heavy (non-hydrogen) atoms. The number of hydrogen-bond acceptors (Lipinski definition) is 3. The molecule has 2 aliphatic rings. The van der Waals surface area contributed by atoms with E-state index in [9.17, 15) is 4.79 Å². The van der Waals surface area contributed by atoms with Crippen molar-refractivity contribution in [2.75, 3.05) is 4.90 Å². The van der Waals surface area contributed by atoms with Crippen molar-refractivity contribution in [3.8, 4) is 0 Å². The molecule has 2 heterocycles. The van der Waals surface area contributed by atoms with Gasteiger partial charge in [0, 0.05) is 11.9 Å². The van der Waals surface area contributed by atoms with Gasteiger partial charge in [0.05, 0.1) is 0 Å². The number of para-hydroxylation sites is 1. The fourth-order valence-corrected chi connectivity index (χ4v) is 2.48. The summed E-state index contributed by atoms with van der Waals surface area (Å²) in [5, 5.41) is 0. The number of anilines is 1. The third-order valence-corrected chi connectivity index (χ3v) is 3.23. The van der Waals surface area contributed by atoms with Gasteiger partial charge in [-0.25, -0.2) is 4.79 Å². The van der Waals surface area contributed by atoms with E-state index in [1.165, 1.54) is 0 Å². The second kappa shape index (κ2) is 3.70. The van der Waals surface area contributed by atoms with Crippen molar-refractivity contribution in [2.24, 2.45) is 4.99 Å². The molecule has 0 bridgehead atoms. The van der Waals surface area contributed by atoms with Gasteiger partial charge in [0.2, 0.25) is 0 Å². The number of hydrogen-bond donors (Lipinski definition) is 0. The van der Waals surface area contributed by atoms with Crippen LogP contribution in [0.25, 0.3) is 0 Å². The van der Waals surface area contributed by atoms with Crippen molar-refractivity contribution in [2.45, 2.75) is 25.6 Å². The Hall–Kier alpha value is -2.10. The summed E-state index contributed by atoms with van der Waals surface area (Å²) in [5.41, 5.74) is 1.14. The number of carbonyl (C=O) groups is 1. The lowest BCUT2D eigenvalue weighted by Crippen LogP contribution is -2.42. The zero-order chi connectivity index (χ0) is 12.8. The fourth-order valence-electron chi connectivity index (χ4n) is 2.48. The van der Waals surface area contributed by atoms with Crippen molar-refractivity contribution in [1.82, 2.24) is 0 Å². The summed E-state index contributed by atoms with van der Waals surface area (Å²) < 4.78 is 5.49. The minimum Gasteiger partial charge on any atom is -0.434 e. The number of aliphatic imine (C=N–C) groups is 1.